The van der Waals surface area contributed by atoms with Gasteiger partial charge in [0.25, 0.3) is 0 Å². The number of hydrogen-bond acceptors (Lipinski definition) is 2. The lowest BCUT2D eigenvalue weighted by molar-refractivity contribution is 0.284. The molecule has 1 rings (SSSR count). The molecule has 1 heterocycles. The van der Waals surface area contributed by atoms with Crippen LogP contribution in [0.25, 0.3) is 0 Å². The summed E-state index contributed by atoms with van der Waals surface area (Å²) in [5.41, 5.74) is 0.603. The maximum Gasteiger partial charge on any atom is 0.217 e. The molecule has 0 saturated heterocycles. The molecule has 0 N–H and O–H groups in total. The average molecular weight is 246 g/mol. The summed E-state index contributed by atoms with van der Waals surface area (Å²) in [7, 11) is 0. The maximum atomic E-state index is 12.9. The SMILES string of the molecule is CC(C)CCCOc1ncc(F)cc1CCl. The molecule has 0 bridgehead atoms. The van der Waals surface area contributed by atoms with Gasteiger partial charge in [-0.1, -0.05) is 13.8 Å². The lowest BCUT2D eigenvalue weighted by Crippen LogP contribution is -2.03. The van der Waals surface area contributed by atoms with Crippen LogP contribution in [0.5, 0.6) is 5.88 Å². The lowest BCUT2D eigenvalue weighted by atomic mass is 10.1. The third-order valence-corrected chi connectivity index (χ3v) is 2.49. The van der Waals surface area contributed by atoms with Gasteiger partial charge in [-0.05, 0) is 24.8 Å². The van der Waals surface area contributed by atoms with Crippen LogP contribution in [0.3, 0.4) is 0 Å². The minimum absolute atomic E-state index is 0.213. The normalized spacial score (nSPS) is 10.8. The Morgan fingerprint density at radius 3 is 2.88 bits per heavy atom. The topological polar surface area (TPSA) is 22.1 Å². The summed E-state index contributed by atoms with van der Waals surface area (Å²) < 4.78 is 18.3. The van der Waals surface area contributed by atoms with E-state index in [0.29, 0.717) is 24.0 Å². The zero-order valence-corrected chi connectivity index (χ0v) is 10.4. The Bertz CT molecular complexity index is 331. The van der Waals surface area contributed by atoms with Crippen molar-refractivity contribution in [2.75, 3.05) is 6.61 Å². The molecule has 1 aromatic heterocycles. The van der Waals surface area contributed by atoms with E-state index in [1.165, 1.54) is 6.07 Å². The first-order chi connectivity index (χ1) is 7.63. The van der Waals surface area contributed by atoms with Gasteiger partial charge in [0, 0.05) is 5.56 Å². The molecule has 4 heteroatoms. The van der Waals surface area contributed by atoms with Crippen LogP contribution in [0, 0.1) is 11.7 Å². The number of pyridine rings is 1. The molecule has 0 aliphatic heterocycles. The summed E-state index contributed by atoms with van der Waals surface area (Å²) in [5.74, 6) is 0.937. The predicted molar refractivity (Wildman–Crippen MR) is 63.3 cm³/mol. The van der Waals surface area contributed by atoms with Crippen molar-refractivity contribution in [3.05, 3.63) is 23.6 Å². The number of ether oxygens (including phenoxy) is 1. The van der Waals surface area contributed by atoms with Crippen LogP contribution in [0.4, 0.5) is 4.39 Å². The first kappa shape index (κ1) is 13.2. The zero-order chi connectivity index (χ0) is 12.0. The summed E-state index contributed by atoms with van der Waals surface area (Å²) in [6, 6.07) is 1.36. The second-order valence-electron chi connectivity index (χ2n) is 4.14. The van der Waals surface area contributed by atoms with Gasteiger partial charge in [-0.25, -0.2) is 9.37 Å². The van der Waals surface area contributed by atoms with Crippen LogP contribution in [0.1, 0.15) is 32.3 Å². The molecule has 0 fully saturated rings. The van der Waals surface area contributed by atoms with Gasteiger partial charge in [-0.3, -0.25) is 0 Å². The number of hydrogen-bond donors (Lipinski definition) is 0. The van der Waals surface area contributed by atoms with Crippen LogP contribution in [-0.4, -0.2) is 11.6 Å². The first-order valence-electron chi connectivity index (χ1n) is 5.46. The van der Waals surface area contributed by atoms with Gasteiger partial charge in [0.15, 0.2) is 0 Å². The Balaban J connectivity index is 2.47. The molecule has 0 aromatic carbocycles. The van der Waals surface area contributed by atoms with E-state index in [0.717, 1.165) is 19.0 Å². The molecule has 0 aliphatic carbocycles. The molecule has 0 spiro atoms. The standard InChI is InChI=1S/C12H17ClFNO/c1-9(2)4-3-5-16-12-10(7-13)6-11(14)8-15-12/h6,8-9H,3-5,7H2,1-2H3. The maximum absolute atomic E-state index is 12.9. The number of halogens is 2. The Labute approximate surface area is 101 Å². The Morgan fingerprint density at radius 2 is 2.25 bits per heavy atom. The molecule has 0 unspecified atom stereocenters. The van der Waals surface area contributed by atoms with Gasteiger partial charge in [0.1, 0.15) is 5.82 Å². The molecule has 90 valence electrons. The van der Waals surface area contributed by atoms with Crippen molar-refractivity contribution in [1.82, 2.24) is 4.98 Å². The molecule has 0 atom stereocenters. The van der Waals surface area contributed by atoms with E-state index in [1.807, 2.05) is 0 Å². The van der Waals surface area contributed by atoms with Crippen molar-refractivity contribution >= 4 is 11.6 Å². The average Bonchev–Trinajstić information content (AvgIpc) is 2.25. The Hall–Kier alpha value is -0.830. The van der Waals surface area contributed by atoms with Crippen LogP contribution >= 0.6 is 11.6 Å². The minimum atomic E-state index is -0.384. The fraction of sp³-hybridized carbons (Fsp3) is 0.583. The summed E-state index contributed by atoms with van der Waals surface area (Å²) in [6.07, 6.45) is 3.23. The van der Waals surface area contributed by atoms with Gasteiger partial charge in [-0.15, -0.1) is 11.6 Å². The number of nitrogens with zero attached hydrogens (tertiary/aromatic N) is 1. The van der Waals surface area contributed by atoms with Crippen molar-refractivity contribution in [3.8, 4) is 5.88 Å². The van der Waals surface area contributed by atoms with E-state index in [-0.39, 0.29) is 11.7 Å². The fourth-order valence-corrected chi connectivity index (χ4v) is 1.55. The molecular formula is C12H17ClFNO. The molecule has 0 radical (unpaired) electrons. The number of rotatable bonds is 6. The first-order valence-corrected chi connectivity index (χ1v) is 6.00. The Morgan fingerprint density at radius 1 is 1.50 bits per heavy atom. The third-order valence-electron chi connectivity index (χ3n) is 2.20. The monoisotopic (exact) mass is 245 g/mol. The van der Waals surface area contributed by atoms with Crippen LogP contribution < -0.4 is 4.74 Å². The third kappa shape index (κ3) is 4.35. The molecule has 16 heavy (non-hydrogen) atoms. The highest BCUT2D eigenvalue weighted by atomic mass is 35.5. The lowest BCUT2D eigenvalue weighted by Gasteiger charge is -2.09. The van der Waals surface area contributed by atoms with E-state index < -0.39 is 0 Å². The minimum Gasteiger partial charge on any atom is -0.477 e. The highest BCUT2D eigenvalue weighted by molar-refractivity contribution is 6.17. The quantitative estimate of drug-likeness (QED) is 0.562. The van der Waals surface area contributed by atoms with Crippen LogP contribution in [0.15, 0.2) is 12.3 Å². The van der Waals surface area contributed by atoms with Gasteiger partial charge in [0.05, 0.1) is 18.7 Å². The van der Waals surface area contributed by atoms with Crippen molar-refractivity contribution in [2.24, 2.45) is 5.92 Å². The fourth-order valence-electron chi connectivity index (χ4n) is 1.35. The number of alkyl halides is 1. The zero-order valence-electron chi connectivity index (χ0n) is 9.67. The highest BCUT2D eigenvalue weighted by Crippen LogP contribution is 2.18. The molecule has 1 aromatic rings. The molecule has 0 saturated carbocycles. The molecule has 0 amide bonds. The summed E-state index contributed by atoms with van der Waals surface area (Å²) in [4.78, 5) is 3.88. The van der Waals surface area contributed by atoms with Gasteiger partial charge in [-0.2, -0.15) is 0 Å². The van der Waals surface area contributed by atoms with E-state index in [2.05, 4.69) is 18.8 Å². The predicted octanol–water partition coefficient (Wildman–Crippen LogP) is 3.77. The summed E-state index contributed by atoms with van der Waals surface area (Å²) >= 11 is 5.68. The van der Waals surface area contributed by atoms with Gasteiger partial charge in [0.2, 0.25) is 5.88 Å². The smallest absolute Gasteiger partial charge is 0.217 e. The Kier molecular flexibility index (Phi) is 5.53. The number of aromatic nitrogens is 1. The summed E-state index contributed by atoms with van der Waals surface area (Å²) in [5, 5.41) is 0. The highest BCUT2D eigenvalue weighted by Gasteiger charge is 2.06. The molecular weight excluding hydrogens is 229 g/mol. The van der Waals surface area contributed by atoms with Crippen LogP contribution in [0.2, 0.25) is 0 Å². The van der Waals surface area contributed by atoms with E-state index >= 15 is 0 Å². The van der Waals surface area contributed by atoms with Gasteiger partial charge < -0.3 is 4.74 Å². The summed E-state index contributed by atoms with van der Waals surface area (Å²) in [6.45, 7) is 4.93. The van der Waals surface area contributed by atoms with E-state index in [1.54, 1.807) is 0 Å². The van der Waals surface area contributed by atoms with Gasteiger partial charge >= 0.3 is 0 Å². The second kappa shape index (κ2) is 6.69. The largest absolute Gasteiger partial charge is 0.477 e. The van der Waals surface area contributed by atoms with Crippen LogP contribution in [-0.2, 0) is 5.88 Å². The van der Waals surface area contributed by atoms with Crippen molar-refractivity contribution in [2.45, 2.75) is 32.6 Å². The molecule has 0 aliphatic rings. The van der Waals surface area contributed by atoms with Crippen molar-refractivity contribution < 1.29 is 9.13 Å². The second-order valence-corrected chi connectivity index (χ2v) is 4.40. The van der Waals surface area contributed by atoms with Crippen molar-refractivity contribution in [1.29, 1.82) is 0 Å². The molecule has 2 nitrogen and oxygen atoms in total. The van der Waals surface area contributed by atoms with E-state index in [4.69, 9.17) is 16.3 Å². The van der Waals surface area contributed by atoms with E-state index in [9.17, 15) is 4.39 Å². The van der Waals surface area contributed by atoms with Crippen molar-refractivity contribution in [3.63, 3.8) is 0 Å².